The summed E-state index contributed by atoms with van der Waals surface area (Å²) in [6.07, 6.45) is 1.08. The summed E-state index contributed by atoms with van der Waals surface area (Å²) >= 11 is 5.94. The summed E-state index contributed by atoms with van der Waals surface area (Å²) < 4.78 is 0. The third kappa shape index (κ3) is 2.55. The molecule has 0 unspecified atom stereocenters. The number of rotatable bonds is 4. The molecule has 4 heteroatoms. The maximum atomic E-state index is 5.94. The molecule has 0 bridgehead atoms. The van der Waals surface area contributed by atoms with Crippen LogP contribution < -0.4 is 5.32 Å². The zero-order valence-corrected chi connectivity index (χ0v) is 9.88. The third-order valence-corrected chi connectivity index (χ3v) is 2.50. The minimum atomic E-state index is 0.732. The van der Waals surface area contributed by atoms with E-state index >= 15 is 0 Å². The van der Waals surface area contributed by atoms with Gasteiger partial charge in [0, 0.05) is 23.2 Å². The van der Waals surface area contributed by atoms with Gasteiger partial charge in [-0.3, -0.25) is 5.10 Å². The molecule has 0 spiro atoms. The maximum Gasteiger partial charge on any atom is 0.148 e. The van der Waals surface area contributed by atoms with E-state index in [9.17, 15) is 0 Å². The lowest BCUT2D eigenvalue weighted by atomic mass is 10.1. The van der Waals surface area contributed by atoms with Gasteiger partial charge in [0.2, 0.25) is 0 Å². The normalized spacial score (nSPS) is 10.4. The number of aromatic amines is 1. The summed E-state index contributed by atoms with van der Waals surface area (Å²) in [6, 6.07) is 9.69. The van der Waals surface area contributed by atoms with Crippen molar-refractivity contribution in [2.24, 2.45) is 0 Å². The molecular formula is C12H14ClN3. The minimum Gasteiger partial charge on any atom is -0.369 e. The largest absolute Gasteiger partial charge is 0.369 e. The lowest BCUT2D eigenvalue weighted by Crippen LogP contribution is -1.99. The zero-order valence-electron chi connectivity index (χ0n) is 9.13. The molecule has 2 aromatic rings. The lowest BCUT2D eigenvalue weighted by Gasteiger charge is -1.97. The number of anilines is 1. The summed E-state index contributed by atoms with van der Waals surface area (Å²) in [6.45, 7) is 3.05. The molecule has 0 fully saturated rings. The van der Waals surface area contributed by atoms with Gasteiger partial charge in [0.1, 0.15) is 5.82 Å². The number of H-pyrrole nitrogens is 1. The molecule has 0 aliphatic rings. The van der Waals surface area contributed by atoms with Gasteiger partial charge >= 0.3 is 0 Å². The Morgan fingerprint density at radius 1 is 1.38 bits per heavy atom. The molecule has 84 valence electrons. The monoisotopic (exact) mass is 235 g/mol. The van der Waals surface area contributed by atoms with E-state index in [2.05, 4.69) is 22.4 Å². The third-order valence-electron chi connectivity index (χ3n) is 2.27. The first kappa shape index (κ1) is 11.0. The van der Waals surface area contributed by atoms with Crippen LogP contribution in [0.4, 0.5) is 5.82 Å². The molecule has 0 amide bonds. The molecule has 0 saturated heterocycles. The van der Waals surface area contributed by atoms with Crippen LogP contribution in [-0.4, -0.2) is 16.7 Å². The van der Waals surface area contributed by atoms with Crippen molar-refractivity contribution < 1.29 is 0 Å². The molecule has 0 atom stereocenters. The average Bonchev–Trinajstić information content (AvgIpc) is 2.75. The Kier molecular flexibility index (Phi) is 3.47. The molecule has 1 heterocycles. The van der Waals surface area contributed by atoms with Gasteiger partial charge in [-0.2, -0.15) is 5.10 Å². The number of nitrogens with zero attached hydrogens (tertiary/aromatic N) is 1. The van der Waals surface area contributed by atoms with Gasteiger partial charge in [-0.1, -0.05) is 30.7 Å². The van der Waals surface area contributed by atoms with E-state index in [0.29, 0.717) is 0 Å². The van der Waals surface area contributed by atoms with Crippen molar-refractivity contribution in [1.82, 2.24) is 10.2 Å². The predicted molar refractivity (Wildman–Crippen MR) is 67.8 cm³/mol. The van der Waals surface area contributed by atoms with Crippen LogP contribution in [0.5, 0.6) is 0 Å². The lowest BCUT2D eigenvalue weighted by molar-refractivity contribution is 0.961. The smallest absolute Gasteiger partial charge is 0.148 e. The number of benzene rings is 1. The van der Waals surface area contributed by atoms with Crippen molar-refractivity contribution in [1.29, 1.82) is 0 Å². The molecule has 2 N–H and O–H groups in total. The Hall–Kier alpha value is -1.48. The number of hydrogen-bond donors (Lipinski definition) is 2. The zero-order chi connectivity index (χ0) is 11.4. The average molecular weight is 236 g/mol. The maximum absolute atomic E-state index is 5.94. The highest BCUT2D eigenvalue weighted by molar-refractivity contribution is 6.30. The van der Waals surface area contributed by atoms with Gasteiger partial charge in [-0.05, 0) is 18.6 Å². The van der Waals surface area contributed by atoms with Gasteiger partial charge in [-0.25, -0.2) is 0 Å². The van der Waals surface area contributed by atoms with Crippen LogP contribution in [0.25, 0.3) is 11.3 Å². The van der Waals surface area contributed by atoms with Gasteiger partial charge in [-0.15, -0.1) is 0 Å². The molecule has 0 radical (unpaired) electrons. The van der Waals surface area contributed by atoms with Crippen LogP contribution in [0.1, 0.15) is 13.3 Å². The fraction of sp³-hybridized carbons (Fsp3) is 0.250. The molecule has 0 saturated carbocycles. The van der Waals surface area contributed by atoms with E-state index in [1.807, 2.05) is 30.3 Å². The molecular weight excluding hydrogens is 222 g/mol. The highest BCUT2D eigenvalue weighted by Crippen LogP contribution is 2.22. The Bertz CT molecular complexity index is 465. The molecule has 1 aromatic heterocycles. The first-order chi connectivity index (χ1) is 7.79. The van der Waals surface area contributed by atoms with E-state index in [4.69, 9.17) is 11.6 Å². The van der Waals surface area contributed by atoms with Crippen LogP contribution >= 0.6 is 11.6 Å². The van der Waals surface area contributed by atoms with Crippen LogP contribution in [-0.2, 0) is 0 Å². The second-order valence-electron chi connectivity index (χ2n) is 3.60. The number of hydrogen-bond acceptors (Lipinski definition) is 2. The first-order valence-electron chi connectivity index (χ1n) is 5.35. The van der Waals surface area contributed by atoms with Crippen LogP contribution in [0.2, 0.25) is 5.02 Å². The van der Waals surface area contributed by atoms with Gasteiger partial charge in [0.25, 0.3) is 0 Å². The summed E-state index contributed by atoms with van der Waals surface area (Å²) in [7, 11) is 0. The molecule has 3 nitrogen and oxygen atoms in total. The van der Waals surface area contributed by atoms with Crippen LogP contribution in [0, 0.1) is 0 Å². The molecule has 1 aromatic carbocycles. The van der Waals surface area contributed by atoms with Crippen molar-refractivity contribution >= 4 is 17.4 Å². The van der Waals surface area contributed by atoms with Crippen molar-refractivity contribution in [3.8, 4) is 11.3 Å². The molecule has 0 aliphatic carbocycles. The van der Waals surface area contributed by atoms with E-state index in [-0.39, 0.29) is 0 Å². The minimum absolute atomic E-state index is 0.732. The van der Waals surface area contributed by atoms with E-state index in [1.165, 1.54) is 0 Å². The number of halogens is 1. The standard InChI is InChI=1S/C12H14ClN3/c1-2-6-14-12-8-11(15-16-12)9-4-3-5-10(13)7-9/h3-5,7-8H,2,6H2,1H3,(H2,14,15,16). The van der Waals surface area contributed by atoms with E-state index in [0.717, 1.165) is 35.1 Å². The Morgan fingerprint density at radius 3 is 3.00 bits per heavy atom. The second-order valence-corrected chi connectivity index (χ2v) is 4.04. The fourth-order valence-electron chi connectivity index (χ4n) is 1.47. The fourth-order valence-corrected chi connectivity index (χ4v) is 1.66. The quantitative estimate of drug-likeness (QED) is 0.851. The van der Waals surface area contributed by atoms with Crippen molar-refractivity contribution in [3.63, 3.8) is 0 Å². The Balaban J connectivity index is 2.18. The van der Waals surface area contributed by atoms with E-state index in [1.54, 1.807) is 0 Å². The highest BCUT2D eigenvalue weighted by atomic mass is 35.5. The summed E-state index contributed by atoms with van der Waals surface area (Å²) in [4.78, 5) is 0. The SMILES string of the molecule is CCCNc1cc(-c2cccc(Cl)c2)[nH]n1. The summed E-state index contributed by atoms with van der Waals surface area (Å²) in [5.41, 5.74) is 2.02. The number of nitrogens with one attached hydrogen (secondary N) is 2. The van der Waals surface area contributed by atoms with Crippen molar-refractivity contribution in [2.45, 2.75) is 13.3 Å². The van der Waals surface area contributed by atoms with Gasteiger partial charge in [0.15, 0.2) is 0 Å². The second kappa shape index (κ2) is 5.03. The molecule has 2 rings (SSSR count). The summed E-state index contributed by atoms with van der Waals surface area (Å²) in [5.74, 6) is 0.872. The van der Waals surface area contributed by atoms with Crippen LogP contribution in [0.3, 0.4) is 0 Å². The summed E-state index contributed by atoms with van der Waals surface area (Å²) in [5, 5.41) is 11.1. The Labute approximate surface area is 99.8 Å². The molecule has 16 heavy (non-hydrogen) atoms. The topological polar surface area (TPSA) is 40.7 Å². The van der Waals surface area contributed by atoms with Crippen molar-refractivity contribution in [2.75, 3.05) is 11.9 Å². The van der Waals surface area contributed by atoms with Crippen LogP contribution in [0.15, 0.2) is 30.3 Å². The first-order valence-corrected chi connectivity index (χ1v) is 5.72. The van der Waals surface area contributed by atoms with Gasteiger partial charge in [0.05, 0.1) is 5.69 Å². The molecule has 0 aliphatic heterocycles. The number of aromatic nitrogens is 2. The Morgan fingerprint density at radius 2 is 2.25 bits per heavy atom. The van der Waals surface area contributed by atoms with E-state index < -0.39 is 0 Å². The van der Waals surface area contributed by atoms with Gasteiger partial charge < -0.3 is 5.32 Å². The van der Waals surface area contributed by atoms with Crippen molar-refractivity contribution in [3.05, 3.63) is 35.4 Å². The predicted octanol–water partition coefficient (Wildman–Crippen LogP) is 3.55. The highest BCUT2D eigenvalue weighted by Gasteiger charge is 2.03.